The van der Waals surface area contributed by atoms with Crippen LogP contribution in [0.15, 0.2) is 46.4 Å². The van der Waals surface area contributed by atoms with Gasteiger partial charge < -0.3 is 19.9 Å². The number of rotatable bonds is 7. The Hall–Kier alpha value is -2.58. The van der Waals surface area contributed by atoms with Gasteiger partial charge in [-0.15, -0.1) is 0 Å². The molecule has 0 spiro atoms. The van der Waals surface area contributed by atoms with E-state index < -0.39 is 11.9 Å². The number of hydrogen-bond donors (Lipinski definition) is 2. The first-order valence-electron chi connectivity index (χ1n) is 8.33. The summed E-state index contributed by atoms with van der Waals surface area (Å²) >= 11 is 5.41. The molecule has 1 amide bonds. The quantitative estimate of drug-likeness (QED) is 0.169. The van der Waals surface area contributed by atoms with Gasteiger partial charge in [-0.2, -0.15) is 5.26 Å². The molecule has 2 N–H and O–H groups in total. The van der Waals surface area contributed by atoms with Gasteiger partial charge in [-0.3, -0.25) is 4.79 Å². The number of carbonyl (C=O) groups is 2. The lowest BCUT2D eigenvalue weighted by Gasteiger charge is -2.11. The molecule has 0 saturated heterocycles. The van der Waals surface area contributed by atoms with Gasteiger partial charge in [-0.25, -0.2) is 4.79 Å². The Kier molecular flexibility index (Phi) is 8.48. The summed E-state index contributed by atoms with van der Waals surface area (Å²) in [6.07, 6.45) is 1.44. The molecule has 0 fully saturated rings. The average molecular weight is 571 g/mol. The predicted octanol–water partition coefficient (Wildman–Crippen LogP) is 4.25. The molecule has 0 radical (unpaired) electrons. The van der Waals surface area contributed by atoms with E-state index in [1.165, 1.54) is 30.3 Å². The van der Waals surface area contributed by atoms with Gasteiger partial charge in [0.1, 0.15) is 23.1 Å². The minimum atomic E-state index is -0.577. The Bertz CT molecular complexity index is 960. The molecule has 0 saturated carbocycles. The summed E-state index contributed by atoms with van der Waals surface area (Å²) in [5, 5.41) is 21.2. The van der Waals surface area contributed by atoms with Crippen LogP contribution in [0.2, 0.25) is 0 Å². The van der Waals surface area contributed by atoms with Crippen LogP contribution in [0, 0.1) is 14.9 Å². The van der Waals surface area contributed by atoms with E-state index in [0.29, 0.717) is 25.0 Å². The zero-order valence-corrected chi connectivity index (χ0v) is 19.0. The maximum Gasteiger partial charge on any atom is 0.344 e. The van der Waals surface area contributed by atoms with Gasteiger partial charge >= 0.3 is 5.97 Å². The SMILES string of the molecule is CCOC(=O)COc1c(Br)cc(/C=C(\C#N)C(=O)Nc2ccc(O)cc2)cc1I. The van der Waals surface area contributed by atoms with Gasteiger partial charge in [0, 0.05) is 5.69 Å². The monoisotopic (exact) mass is 570 g/mol. The van der Waals surface area contributed by atoms with Crippen LogP contribution in [-0.2, 0) is 14.3 Å². The number of phenols is 1. The first kappa shape index (κ1) is 22.7. The second-order valence-corrected chi connectivity index (χ2v) is 7.59. The number of anilines is 1. The van der Waals surface area contributed by atoms with Crippen molar-refractivity contribution in [3.8, 4) is 17.6 Å². The maximum atomic E-state index is 12.4. The van der Waals surface area contributed by atoms with Crippen LogP contribution in [0.3, 0.4) is 0 Å². The van der Waals surface area contributed by atoms with Crippen molar-refractivity contribution in [2.75, 3.05) is 18.5 Å². The third-order valence-electron chi connectivity index (χ3n) is 3.46. The van der Waals surface area contributed by atoms with Crippen molar-refractivity contribution in [1.29, 1.82) is 5.26 Å². The molecule has 2 aromatic rings. The largest absolute Gasteiger partial charge is 0.508 e. The number of amides is 1. The van der Waals surface area contributed by atoms with Crippen molar-refractivity contribution >= 4 is 62.2 Å². The minimum absolute atomic E-state index is 0.0729. The minimum Gasteiger partial charge on any atom is -0.508 e. The number of esters is 1. The van der Waals surface area contributed by atoms with E-state index >= 15 is 0 Å². The fraction of sp³-hybridized carbons (Fsp3) is 0.150. The summed E-state index contributed by atoms with van der Waals surface area (Å²) in [6, 6.07) is 11.2. The molecule has 0 bridgehead atoms. The molecule has 0 aliphatic heterocycles. The molecular formula is C20H16BrIN2O5. The Morgan fingerprint density at radius 1 is 1.31 bits per heavy atom. The van der Waals surface area contributed by atoms with E-state index in [-0.39, 0.29) is 24.5 Å². The Balaban J connectivity index is 2.18. The molecule has 0 aliphatic carbocycles. The summed E-state index contributed by atoms with van der Waals surface area (Å²) in [5.74, 6) is -0.518. The summed E-state index contributed by atoms with van der Waals surface area (Å²) in [4.78, 5) is 23.8. The standard InChI is InChI=1S/C20H16BrIN2O5/c1-2-28-18(26)11-29-19-16(21)8-12(9-17(19)22)7-13(10-23)20(27)24-14-3-5-15(25)6-4-14/h3-9,25H,2,11H2,1H3,(H,24,27)/b13-7+. The zero-order valence-electron chi connectivity index (χ0n) is 15.2. The van der Waals surface area contributed by atoms with Gasteiger partial charge in [0.05, 0.1) is 14.6 Å². The van der Waals surface area contributed by atoms with Crippen LogP contribution < -0.4 is 10.1 Å². The highest BCUT2D eigenvalue weighted by Gasteiger charge is 2.14. The van der Waals surface area contributed by atoms with Crippen molar-refractivity contribution in [2.45, 2.75) is 6.92 Å². The Morgan fingerprint density at radius 3 is 2.59 bits per heavy atom. The fourth-order valence-corrected chi connectivity index (χ4v) is 3.96. The van der Waals surface area contributed by atoms with E-state index in [4.69, 9.17) is 9.47 Å². The van der Waals surface area contributed by atoms with Gasteiger partial charge in [-0.1, -0.05) is 0 Å². The highest BCUT2D eigenvalue weighted by atomic mass is 127. The van der Waals surface area contributed by atoms with Crippen molar-refractivity contribution in [1.82, 2.24) is 0 Å². The van der Waals surface area contributed by atoms with E-state index in [9.17, 15) is 20.0 Å². The third kappa shape index (κ3) is 6.76. The van der Waals surface area contributed by atoms with Gasteiger partial charge in [0.2, 0.25) is 0 Å². The van der Waals surface area contributed by atoms with Crippen molar-refractivity contribution in [2.24, 2.45) is 0 Å². The first-order chi connectivity index (χ1) is 13.8. The Morgan fingerprint density at radius 2 is 2.00 bits per heavy atom. The van der Waals surface area contributed by atoms with Crippen molar-refractivity contribution < 1.29 is 24.2 Å². The third-order valence-corrected chi connectivity index (χ3v) is 4.85. The summed E-state index contributed by atoms with van der Waals surface area (Å²) in [5.41, 5.74) is 0.954. The molecule has 2 rings (SSSR count). The van der Waals surface area contributed by atoms with Crippen LogP contribution in [0.1, 0.15) is 12.5 Å². The summed E-state index contributed by atoms with van der Waals surface area (Å²) < 4.78 is 11.6. The van der Waals surface area contributed by atoms with Crippen molar-refractivity contribution in [3.63, 3.8) is 0 Å². The number of carbonyl (C=O) groups excluding carboxylic acids is 2. The summed E-state index contributed by atoms with van der Waals surface area (Å²) in [6.45, 7) is 1.76. The van der Waals surface area contributed by atoms with E-state index in [0.717, 1.165) is 0 Å². The lowest BCUT2D eigenvalue weighted by atomic mass is 10.1. The van der Waals surface area contributed by atoms with E-state index in [2.05, 4.69) is 21.2 Å². The van der Waals surface area contributed by atoms with E-state index in [1.807, 2.05) is 28.7 Å². The zero-order chi connectivity index (χ0) is 21.4. The number of halogens is 2. The number of phenolic OH excluding ortho intramolecular Hbond substituents is 1. The van der Waals surface area contributed by atoms with Crippen LogP contribution >= 0.6 is 38.5 Å². The van der Waals surface area contributed by atoms with Crippen LogP contribution in [-0.4, -0.2) is 30.2 Å². The van der Waals surface area contributed by atoms with Crippen LogP contribution in [0.4, 0.5) is 5.69 Å². The second-order valence-electron chi connectivity index (χ2n) is 5.58. The Labute approximate surface area is 189 Å². The molecule has 0 unspecified atom stereocenters. The number of aromatic hydroxyl groups is 1. The van der Waals surface area contributed by atoms with E-state index in [1.54, 1.807) is 19.1 Å². The van der Waals surface area contributed by atoms with Crippen LogP contribution in [0.5, 0.6) is 11.5 Å². The molecule has 0 heterocycles. The number of hydrogen-bond acceptors (Lipinski definition) is 6. The highest BCUT2D eigenvalue weighted by molar-refractivity contribution is 14.1. The number of nitriles is 1. The fourth-order valence-electron chi connectivity index (χ4n) is 2.19. The molecule has 2 aromatic carbocycles. The topological polar surface area (TPSA) is 109 Å². The highest BCUT2D eigenvalue weighted by Crippen LogP contribution is 2.33. The lowest BCUT2D eigenvalue weighted by molar-refractivity contribution is -0.145. The normalized spacial score (nSPS) is 10.8. The summed E-state index contributed by atoms with van der Waals surface area (Å²) in [7, 11) is 0. The molecule has 150 valence electrons. The first-order valence-corrected chi connectivity index (χ1v) is 10.2. The van der Waals surface area contributed by atoms with Crippen LogP contribution in [0.25, 0.3) is 6.08 Å². The van der Waals surface area contributed by atoms with Gasteiger partial charge in [0.15, 0.2) is 6.61 Å². The average Bonchev–Trinajstić information content (AvgIpc) is 2.67. The molecule has 7 nitrogen and oxygen atoms in total. The predicted molar refractivity (Wildman–Crippen MR) is 119 cm³/mol. The number of benzene rings is 2. The molecule has 0 aliphatic rings. The number of ether oxygens (including phenoxy) is 2. The second kappa shape index (κ2) is 10.8. The van der Waals surface area contributed by atoms with Gasteiger partial charge in [0.25, 0.3) is 5.91 Å². The lowest BCUT2D eigenvalue weighted by Crippen LogP contribution is -2.15. The van der Waals surface area contributed by atoms with Crippen molar-refractivity contribution in [3.05, 3.63) is 55.6 Å². The van der Waals surface area contributed by atoms with Gasteiger partial charge in [-0.05, 0) is 93.5 Å². The maximum absolute atomic E-state index is 12.4. The molecule has 29 heavy (non-hydrogen) atoms. The molecule has 0 aromatic heterocycles. The molecule has 0 atom stereocenters. The number of nitrogens with one attached hydrogen (secondary N) is 1. The number of nitrogens with zero attached hydrogens (tertiary/aromatic N) is 1. The smallest absolute Gasteiger partial charge is 0.344 e. The molecular weight excluding hydrogens is 555 g/mol. The molecule has 9 heteroatoms.